The lowest BCUT2D eigenvalue weighted by atomic mass is 9.96. The van der Waals surface area contributed by atoms with E-state index in [1.165, 1.54) is 11.1 Å². The first-order chi connectivity index (χ1) is 15.5. The normalized spacial score (nSPS) is 16.4. The molecule has 6 heteroatoms. The van der Waals surface area contributed by atoms with Crippen molar-refractivity contribution in [3.63, 3.8) is 0 Å². The van der Waals surface area contributed by atoms with E-state index in [1.54, 1.807) is 6.20 Å². The lowest BCUT2D eigenvalue weighted by molar-refractivity contribution is -0.121. The molecule has 0 unspecified atom stereocenters. The highest BCUT2D eigenvalue weighted by Gasteiger charge is 2.30. The molecular weight excluding hydrogens is 398 g/mol. The fraction of sp³-hybridized carbons (Fsp3) is 0.385. The maximum atomic E-state index is 12.9. The van der Waals surface area contributed by atoms with E-state index < -0.39 is 0 Å². The summed E-state index contributed by atoms with van der Waals surface area (Å²) in [5.41, 5.74) is 2.61. The van der Waals surface area contributed by atoms with Crippen molar-refractivity contribution in [2.45, 2.75) is 38.9 Å². The largest absolute Gasteiger partial charge is 0.310 e. The average Bonchev–Trinajstić information content (AvgIpc) is 3.29. The molecule has 1 aliphatic rings. The second-order valence-electron chi connectivity index (χ2n) is 8.72. The molecule has 2 aromatic carbocycles. The summed E-state index contributed by atoms with van der Waals surface area (Å²) in [6.45, 7) is 9.64. The Kier molecular flexibility index (Phi) is 7.02. The summed E-state index contributed by atoms with van der Waals surface area (Å²) in [5, 5.41) is 7.37. The standard InChI is InChI=1S/C26H33N5O/c1-20(2)31-24(14-15-27-31)28-26(32)21(3)29-16-18-30(19-17-29)25(22-10-6-4-7-11-22)23-12-8-5-9-13-23/h4-15,20-21,25H,16-19H2,1-3H3,(H,28,32)/t21-/m1/s1. The highest BCUT2D eigenvalue weighted by atomic mass is 16.2. The minimum Gasteiger partial charge on any atom is -0.310 e. The molecule has 1 saturated heterocycles. The number of aromatic nitrogens is 2. The maximum absolute atomic E-state index is 12.9. The predicted molar refractivity (Wildman–Crippen MR) is 129 cm³/mol. The highest BCUT2D eigenvalue weighted by Crippen LogP contribution is 2.29. The van der Waals surface area contributed by atoms with E-state index in [9.17, 15) is 4.79 Å². The molecule has 1 amide bonds. The number of carbonyl (C=O) groups is 1. The summed E-state index contributed by atoms with van der Waals surface area (Å²) in [6.07, 6.45) is 1.73. The van der Waals surface area contributed by atoms with Gasteiger partial charge in [-0.1, -0.05) is 60.7 Å². The second-order valence-corrected chi connectivity index (χ2v) is 8.72. The van der Waals surface area contributed by atoms with Crippen LogP contribution in [0.15, 0.2) is 72.9 Å². The fourth-order valence-electron chi connectivity index (χ4n) is 4.49. The van der Waals surface area contributed by atoms with Crippen molar-refractivity contribution in [2.24, 2.45) is 0 Å². The van der Waals surface area contributed by atoms with Crippen LogP contribution < -0.4 is 5.32 Å². The number of rotatable bonds is 7. The van der Waals surface area contributed by atoms with Crippen LogP contribution in [0.5, 0.6) is 0 Å². The number of carbonyl (C=O) groups excluding carboxylic acids is 1. The van der Waals surface area contributed by atoms with Crippen LogP contribution in [-0.2, 0) is 4.79 Å². The molecule has 0 spiro atoms. The number of amides is 1. The van der Waals surface area contributed by atoms with E-state index in [-0.39, 0.29) is 24.0 Å². The van der Waals surface area contributed by atoms with Crippen LogP contribution in [-0.4, -0.2) is 57.7 Å². The molecule has 168 valence electrons. The van der Waals surface area contributed by atoms with Gasteiger partial charge in [-0.3, -0.25) is 14.6 Å². The van der Waals surface area contributed by atoms with Crippen molar-refractivity contribution in [1.29, 1.82) is 0 Å². The molecule has 0 saturated carbocycles. The van der Waals surface area contributed by atoms with Crippen LogP contribution in [0.3, 0.4) is 0 Å². The monoisotopic (exact) mass is 431 g/mol. The van der Waals surface area contributed by atoms with E-state index >= 15 is 0 Å². The smallest absolute Gasteiger partial charge is 0.242 e. The minimum absolute atomic E-state index is 0.0171. The molecule has 1 N–H and O–H groups in total. The third-order valence-electron chi connectivity index (χ3n) is 6.28. The molecule has 2 heterocycles. The van der Waals surface area contributed by atoms with Crippen LogP contribution in [0.25, 0.3) is 0 Å². The van der Waals surface area contributed by atoms with Crippen molar-refractivity contribution in [3.05, 3.63) is 84.1 Å². The molecule has 1 atom stereocenters. The van der Waals surface area contributed by atoms with Crippen LogP contribution in [0.2, 0.25) is 0 Å². The number of anilines is 1. The van der Waals surface area contributed by atoms with Gasteiger partial charge in [-0.15, -0.1) is 0 Å². The van der Waals surface area contributed by atoms with Gasteiger partial charge in [0.15, 0.2) is 0 Å². The van der Waals surface area contributed by atoms with Gasteiger partial charge in [0.2, 0.25) is 5.91 Å². The Balaban J connectivity index is 1.42. The third kappa shape index (κ3) is 4.92. The molecule has 3 aromatic rings. The van der Waals surface area contributed by atoms with Gasteiger partial charge in [-0.2, -0.15) is 5.10 Å². The molecule has 1 aromatic heterocycles. The molecule has 0 radical (unpaired) electrons. The van der Waals surface area contributed by atoms with Gasteiger partial charge in [0, 0.05) is 38.3 Å². The van der Waals surface area contributed by atoms with Crippen LogP contribution >= 0.6 is 0 Å². The van der Waals surface area contributed by atoms with Gasteiger partial charge in [0.25, 0.3) is 0 Å². The van der Waals surface area contributed by atoms with Crippen molar-refractivity contribution >= 4 is 11.7 Å². The lowest BCUT2D eigenvalue weighted by Gasteiger charge is -2.41. The summed E-state index contributed by atoms with van der Waals surface area (Å²) in [4.78, 5) is 17.7. The van der Waals surface area contributed by atoms with Crippen LogP contribution in [0, 0.1) is 0 Å². The Morgan fingerprint density at radius 1 is 0.812 bits per heavy atom. The van der Waals surface area contributed by atoms with E-state index in [2.05, 4.69) is 94.7 Å². The summed E-state index contributed by atoms with van der Waals surface area (Å²) in [5.74, 6) is 0.771. The quantitative estimate of drug-likeness (QED) is 0.609. The van der Waals surface area contributed by atoms with Gasteiger partial charge in [-0.05, 0) is 31.9 Å². The van der Waals surface area contributed by atoms with Gasteiger partial charge >= 0.3 is 0 Å². The number of nitrogens with one attached hydrogen (secondary N) is 1. The topological polar surface area (TPSA) is 53.4 Å². The zero-order valence-corrected chi connectivity index (χ0v) is 19.2. The van der Waals surface area contributed by atoms with Crippen LogP contribution in [0.1, 0.15) is 44.0 Å². The average molecular weight is 432 g/mol. The third-order valence-corrected chi connectivity index (χ3v) is 6.28. The van der Waals surface area contributed by atoms with Gasteiger partial charge in [0.05, 0.1) is 18.3 Å². The van der Waals surface area contributed by atoms with Gasteiger partial charge in [-0.25, -0.2) is 4.68 Å². The summed E-state index contributed by atoms with van der Waals surface area (Å²) < 4.78 is 1.84. The van der Waals surface area contributed by atoms with Crippen molar-refractivity contribution in [3.8, 4) is 0 Å². The Morgan fingerprint density at radius 3 is 1.88 bits per heavy atom. The summed E-state index contributed by atoms with van der Waals surface area (Å²) >= 11 is 0. The van der Waals surface area contributed by atoms with E-state index in [4.69, 9.17) is 0 Å². The Bertz CT molecular complexity index is 954. The van der Waals surface area contributed by atoms with Gasteiger partial charge < -0.3 is 5.32 Å². The number of hydrogen-bond acceptors (Lipinski definition) is 4. The molecule has 0 aliphatic carbocycles. The van der Waals surface area contributed by atoms with Crippen LogP contribution in [0.4, 0.5) is 5.82 Å². The summed E-state index contributed by atoms with van der Waals surface area (Å²) in [6, 6.07) is 23.5. The van der Waals surface area contributed by atoms with Crippen molar-refractivity contribution < 1.29 is 4.79 Å². The lowest BCUT2D eigenvalue weighted by Crippen LogP contribution is -2.53. The van der Waals surface area contributed by atoms with Crippen molar-refractivity contribution in [2.75, 3.05) is 31.5 Å². The number of nitrogens with zero attached hydrogens (tertiary/aromatic N) is 4. The van der Waals surface area contributed by atoms with Crippen molar-refractivity contribution in [1.82, 2.24) is 19.6 Å². The van der Waals surface area contributed by atoms with E-state index in [0.717, 1.165) is 32.0 Å². The second kappa shape index (κ2) is 10.1. The molecule has 6 nitrogen and oxygen atoms in total. The Morgan fingerprint density at radius 2 is 1.34 bits per heavy atom. The van der Waals surface area contributed by atoms with Gasteiger partial charge in [0.1, 0.15) is 5.82 Å². The highest BCUT2D eigenvalue weighted by molar-refractivity contribution is 5.93. The Hall–Kier alpha value is -2.96. The minimum atomic E-state index is -0.195. The SMILES string of the molecule is CC(C)n1nccc1NC(=O)[C@@H](C)N1CCN(C(c2ccccc2)c2ccccc2)CC1. The number of piperazine rings is 1. The number of benzene rings is 2. The Labute approximate surface area is 190 Å². The molecule has 4 rings (SSSR count). The molecule has 0 bridgehead atoms. The zero-order chi connectivity index (χ0) is 22.5. The predicted octanol–water partition coefficient (Wildman–Crippen LogP) is 4.20. The molecule has 1 fully saturated rings. The maximum Gasteiger partial charge on any atom is 0.242 e. The zero-order valence-electron chi connectivity index (χ0n) is 19.2. The number of hydrogen-bond donors (Lipinski definition) is 1. The molecular formula is C26H33N5O. The fourth-order valence-corrected chi connectivity index (χ4v) is 4.49. The summed E-state index contributed by atoms with van der Waals surface area (Å²) in [7, 11) is 0. The molecule has 1 aliphatic heterocycles. The van der Waals surface area contributed by atoms with E-state index in [1.807, 2.05) is 17.7 Å². The molecule has 32 heavy (non-hydrogen) atoms. The van der Waals surface area contributed by atoms with E-state index in [0.29, 0.717) is 0 Å². The first-order valence-electron chi connectivity index (χ1n) is 11.5. The first kappa shape index (κ1) is 22.2. The first-order valence-corrected chi connectivity index (χ1v) is 11.5.